The summed E-state index contributed by atoms with van der Waals surface area (Å²) >= 11 is 1.68. The van der Waals surface area contributed by atoms with Crippen LogP contribution in [0.2, 0.25) is 0 Å². The molecule has 2 aromatic rings. The van der Waals surface area contributed by atoms with E-state index in [0.29, 0.717) is 11.8 Å². The highest BCUT2D eigenvalue weighted by atomic mass is 32.2. The van der Waals surface area contributed by atoms with Crippen molar-refractivity contribution in [3.63, 3.8) is 0 Å². The average molecular weight is 411 g/mol. The first kappa shape index (κ1) is 19.1. The Hall–Kier alpha value is -3.20. The zero-order chi connectivity index (χ0) is 20.7. The van der Waals surface area contributed by atoms with Gasteiger partial charge in [0.15, 0.2) is 0 Å². The van der Waals surface area contributed by atoms with Gasteiger partial charge in [-0.05, 0) is 24.6 Å². The van der Waals surface area contributed by atoms with Crippen LogP contribution in [0.4, 0.5) is 11.4 Å². The van der Waals surface area contributed by atoms with Crippen molar-refractivity contribution >= 4 is 40.9 Å². The second kappa shape index (κ2) is 7.32. The van der Waals surface area contributed by atoms with Crippen LogP contribution in [0.5, 0.6) is 0 Å². The van der Waals surface area contributed by atoms with Gasteiger partial charge in [0, 0.05) is 22.8 Å². The fourth-order valence-corrected chi connectivity index (χ4v) is 4.69. The first-order valence-corrected chi connectivity index (χ1v) is 9.96. The number of thioether (sulfide) groups is 1. The molecule has 148 valence electrons. The third kappa shape index (κ3) is 3.27. The van der Waals surface area contributed by atoms with E-state index in [9.17, 15) is 24.5 Å². The van der Waals surface area contributed by atoms with Crippen LogP contribution in [0.15, 0.2) is 47.4 Å². The molecule has 2 aromatic carbocycles. The molecular weight excluding hydrogens is 394 g/mol. The molecule has 0 saturated heterocycles. The van der Waals surface area contributed by atoms with Gasteiger partial charge in [0.1, 0.15) is 12.1 Å². The minimum atomic E-state index is -0.809. The van der Waals surface area contributed by atoms with Crippen LogP contribution < -0.4 is 4.90 Å². The summed E-state index contributed by atoms with van der Waals surface area (Å²) in [5, 5.41) is 11.6. The summed E-state index contributed by atoms with van der Waals surface area (Å²) in [5.74, 6) is -1.89. The number of fused-ring (bicyclic) bond motifs is 2. The maximum Gasteiger partial charge on any atom is 0.282 e. The quantitative estimate of drug-likeness (QED) is 0.437. The maximum absolute atomic E-state index is 13.1. The molecule has 0 aromatic heterocycles. The van der Waals surface area contributed by atoms with Crippen LogP contribution in [-0.2, 0) is 4.79 Å². The number of benzene rings is 2. The first-order chi connectivity index (χ1) is 13.9. The highest BCUT2D eigenvalue weighted by Crippen LogP contribution is 2.37. The van der Waals surface area contributed by atoms with Gasteiger partial charge in [0.2, 0.25) is 5.91 Å². The minimum Gasteiger partial charge on any atom is -0.310 e. The lowest BCUT2D eigenvalue weighted by atomic mass is 10.1. The SMILES string of the molecule is C[C@@H]1CCN(C(=O)CN2C(=O)c3cccc([N+](=O)[O-])c3C2=O)c2ccccc2S1. The van der Waals surface area contributed by atoms with E-state index in [0.717, 1.165) is 21.9 Å². The number of nitrogens with zero attached hydrogens (tertiary/aromatic N) is 3. The molecule has 0 bridgehead atoms. The summed E-state index contributed by atoms with van der Waals surface area (Å²) in [5.41, 5.74) is 0.0174. The Morgan fingerprint density at radius 1 is 1.17 bits per heavy atom. The molecule has 4 rings (SSSR count). The van der Waals surface area contributed by atoms with Crippen molar-refractivity contribution in [3.05, 3.63) is 63.7 Å². The molecule has 3 amide bonds. The number of carbonyl (C=O) groups is 3. The summed E-state index contributed by atoms with van der Waals surface area (Å²) in [6.07, 6.45) is 0.763. The number of hydrogen-bond acceptors (Lipinski definition) is 6. The molecule has 0 spiro atoms. The largest absolute Gasteiger partial charge is 0.310 e. The highest BCUT2D eigenvalue weighted by molar-refractivity contribution is 8.00. The molecule has 1 atom stereocenters. The lowest BCUT2D eigenvalue weighted by molar-refractivity contribution is -0.385. The second-order valence-electron chi connectivity index (χ2n) is 6.88. The Kier molecular flexibility index (Phi) is 4.83. The molecule has 0 fully saturated rings. The van der Waals surface area contributed by atoms with E-state index >= 15 is 0 Å². The number of carbonyl (C=O) groups excluding carboxylic acids is 3. The van der Waals surface area contributed by atoms with E-state index in [2.05, 4.69) is 6.92 Å². The predicted octanol–water partition coefficient (Wildman–Crippen LogP) is 3.11. The highest BCUT2D eigenvalue weighted by Gasteiger charge is 2.42. The summed E-state index contributed by atoms with van der Waals surface area (Å²) in [6, 6.07) is 11.4. The van der Waals surface area contributed by atoms with Crippen molar-refractivity contribution in [3.8, 4) is 0 Å². The minimum absolute atomic E-state index is 0.0440. The van der Waals surface area contributed by atoms with Crippen molar-refractivity contribution in [2.45, 2.75) is 23.5 Å². The topological polar surface area (TPSA) is 101 Å². The molecule has 2 aliphatic rings. The molecular formula is C20H17N3O5S. The number of nitro groups is 1. The number of imide groups is 1. The van der Waals surface area contributed by atoms with E-state index in [-0.39, 0.29) is 11.1 Å². The van der Waals surface area contributed by atoms with Gasteiger partial charge in [-0.15, -0.1) is 11.8 Å². The van der Waals surface area contributed by atoms with Crippen molar-refractivity contribution in [2.75, 3.05) is 18.0 Å². The van der Waals surface area contributed by atoms with Gasteiger partial charge in [-0.2, -0.15) is 0 Å². The average Bonchev–Trinajstić information content (AvgIpc) is 2.84. The van der Waals surface area contributed by atoms with Gasteiger partial charge in [0.05, 0.1) is 16.2 Å². The van der Waals surface area contributed by atoms with Gasteiger partial charge in [-0.1, -0.05) is 25.1 Å². The molecule has 0 aliphatic carbocycles. The number of nitro benzene ring substituents is 1. The second-order valence-corrected chi connectivity index (χ2v) is 8.36. The fourth-order valence-electron chi connectivity index (χ4n) is 3.58. The van der Waals surface area contributed by atoms with Crippen molar-refractivity contribution in [1.29, 1.82) is 0 Å². The Morgan fingerprint density at radius 2 is 1.93 bits per heavy atom. The molecule has 2 heterocycles. The Labute approximate surface area is 170 Å². The lowest BCUT2D eigenvalue weighted by Gasteiger charge is -2.24. The number of para-hydroxylation sites is 1. The standard InChI is InChI=1S/C20H17N3O5S/c1-12-9-10-21(14-6-2-3-8-16(14)29-12)17(24)11-22-19(25)13-5-4-7-15(23(27)28)18(13)20(22)26/h2-8,12H,9-11H2,1H3/t12-/m1/s1. The van der Waals surface area contributed by atoms with Gasteiger partial charge in [-0.25, -0.2) is 0 Å². The number of amides is 3. The van der Waals surface area contributed by atoms with Crippen LogP contribution in [0.3, 0.4) is 0 Å². The van der Waals surface area contributed by atoms with E-state index in [1.165, 1.54) is 18.2 Å². The fraction of sp³-hybridized carbons (Fsp3) is 0.250. The van der Waals surface area contributed by atoms with Crippen LogP contribution in [0.25, 0.3) is 0 Å². The van der Waals surface area contributed by atoms with Crippen molar-refractivity contribution in [1.82, 2.24) is 4.90 Å². The Bertz CT molecular complexity index is 1050. The van der Waals surface area contributed by atoms with Crippen LogP contribution >= 0.6 is 11.8 Å². The van der Waals surface area contributed by atoms with Crippen LogP contribution in [-0.4, -0.2) is 45.9 Å². The van der Waals surface area contributed by atoms with E-state index < -0.39 is 34.9 Å². The first-order valence-electron chi connectivity index (χ1n) is 9.08. The van der Waals surface area contributed by atoms with Gasteiger partial charge < -0.3 is 4.90 Å². The zero-order valence-corrected chi connectivity index (χ0v) is 16.3. The molecule has 29 heavy (non-hydrogen) atoms. The number of hydrogen-bond donors (Lipinski definition) is 0. The molecule has 0 radical (unpaired) electrons. The summed E-state index contributed by atoms with van der Waals surface area (Å²) < 4.78 is 0. The predicted molar refractivity (Wildman–Crippen MR) is 107 cm³/mol. The van der Waals surface area contributed by atoms with Crippen molar-refractivity contribution < 1.29 is 19.3 Å². The third-order valence-electron chi connectivity index (χ3n) is 5.01. The normalized spacial score (nSPS) is 18.3. The third-order valence-corrected chi connectivity index (χ3v) is 6.25. The molecule has 0 unspecified atom stereocenters. The van der Waals surface area contributed by atoms with E-state index in [1.807, 2.05) is 24.3 Å². The number of rotatable bonds is 3. The van der Waals surface area contributed by atoms with Crippen LogP contribution in [0, 0.1) is 10.1 Å². The van der Waals surface area contributed by atoms with Gasteiger partial charge in [-0.3, -0.25) is 29.4 Å². The zero-order valence-electron chi connectivity index (χ0n) is 15.5. The molecule has 8 nitrogen and oxygen atoms in total. The van der Waals surface area contributed by atoms with E-state index in [4.69, 9.17) is 0 Å². The molecule has 0 saturated carbocycles. The summed E-state index contributed by atoms with van der Waals surface area (Å²) in [4.78, 5) is 52.4. The molecule has 2 aliphatic heterocycles. The van der Waals surface area contributed by atoms with Crippen LogP contribution in [0.1, 0.15) is 34.1 Å². The summed E-state index contributed by atoms with van der Waals surface area (Å²) in [6.45, 7) is 2.09. The lowest BCUT2D eigenvalue weighted by Crippen LogP contribution is -2.43. The summed E-state index contributed by atoms with van der Waals surface area (Å²) in [7, 11) is 0. The number of anilines is 1. The molecule has 9 heteroatoms. The maximum atomic E-state index is 13.1. The van der Waals surface area contributed by atoms with Gasteiger partial charge in [0.25, 0.3) is 17.5 Å². The Morgan fingerprint density at radius 3 is 2.69 bits per heavy atom. The Balaban J connectivity index is 1.63. The van der Waals surface area contributed by atoms with E-state index in [1.54, 1.807) is 16.7 Å². The van der Waals surface area contributed by atoms with Crippen molar-refractivity contribution in [2.24, 2.45) is 0 Å². The monoisotopic (exact) mass is 411 g/mol. The van der Waals surface area contributed by atoms with Gasteiger partial charge >= 0.3 is 0 Å². The smallest absolute Gasteiger partial charge is 0.282 e. The molecule has 0 N–H and O–H groups in total.